The van der Waals surface area contributed by atoms with Crippen LogP contribution in [0.5, 0.6) is 0 Å². The number of ketones is 1. The number of nitrogens with zero attached hydrogens (tertiary/aromatic N) is 3. The van der Waals surface area contributed by atoms with Crippen molar-refractivity contribution in [2.24, 2.45) is 5.41 Å². The molecule has 1 amide bonds. The highest BCUT2D eigenvalue weighted by Crippen LogP contribution is 2.46. The number of ether oxygens (including phenoxy) is 1. The summed E-state index contributed by atoms with van der Waals surface area (Å²) in [6, 6.07) is 34.5. The number of Topliss-reactive ketones (excluding diaryl/α,β-unsaturated/α-hetero) is 1. The molecule has 1 aliphatic rings. The SMILES string of the molecule is COCCN(C)C(=O)c1cn(C(CC2(C(=O)C(c3ccccc3)c3ccccc3)CCNCC2)c2cnc[nH]2)cc1-c1cccc2ccccc12. The minimum absolute atomic E-state index is 0.0852. The fraction of sp³-hybridized carbons (Fsp3) is 0.279. The molecular formula is C43H45N5O3. The van der Waals surface area contributed by atoms with Crippen molar-refractivity contribution < 1.29 is 14.3 Å². The van der Waals surface area contributed by atoms with Gasteiger partial charge in [0.25, 0.3) is 5.91 Å². The normalized spacial score (nSPS) is 14.8. The van der Waals surface area contributed by atoms with Crippen LogP contribution in [0.2, 0.25) is 0 Å². The van der Waals surface area contributed by atoms with Crippen LogP contribution in [0.3, 0.4) is 0 Å². The molecule has 7 rings (SSSR count). The van der Waals surface area contributed by atoms with Gasteiger partial charge >= 0.3 is 0 Å². The number of fused-ring (bicyclic) bond motifs is 1. The van der Waals surface area contributed by atoms with E-state index in [1.54, 1.807) is 18.3 Å². The summed E-state index contributed by atoms with van der Waals surface area (Å²) in [6.45, 7) is 2.40. The number of carbonyl (C=O) groups is 2. The number of piperidine rings is 1. The van der Waals surface area contributed by atoms with E-state index in [1.165, 1.54) is 0 Å². The number of aromatic nitrogens is 3. The Morgan fingerprint density at radius 1 is 0.863 bits per heavy atom. The predicted molar refractivity (Wildman–Crippen MR) is 202 cm³/mol. The number of hydrogen-bond donors (Lipinski definition) is 2. The van der Waals surface area contributed by atoms with Crippen LogP contribution < -0.4 is 5.32 Å². The van der Waals surface area contributed by atoms with Crippen LogP contribution in [0.1, 0.15) is 58.4 Å². The molecule has 1 saturated heterocycles. The van der Waals surface area contributed by atoms with Crippen LogP contribution >= 0.6 is 0 Å². The van der Waals surface area contributed by atoms with E-state index in [-0.39, 0.29) is 17.7 Å². The maximum absolute atomic E-state index is 15.4. The monoisotopic (exact) mass is 679 g/mol. The highest BCUT2D eigenvalue weighted by Gasteiger charge is 2.46. The molecule has 0 saturated carbocycles. The first-order chi connectivity index (χ1) is 25.0. The maximum atomic E-state index is 15.4. The maximum Gasteiger partial charge on any atom is 0.255 e. The average Bonchev–Trinajstić information content (AvgIpc) is 3.88. The Labute approximate surface area is 299 Å². The van der Waals surface area contributed by atoms with Crippen molar-refractivity contribution in [2.45, 2.75) is 31.2 Å². The Morgan fingerprint density at radius 3 is 2.20 bits per heavy atom. The Bertz CT molecular complexity index is 2020. The number of aromatic amines is 1. The molecule has 2 N–H and O–H groups in total. The predicted octanol–water partition coefficient (Wildman–Crippen LogP) is 7.50. The lowest BCUT2D eigenvalue weighted by Gasteiger charge is -2.41. The van der Waals surface area contributed by atoms with Gasteiger partial charge in [-0.05, 0) is 59.8 Å². The van der Waals surface area contributed by atoms with Gasteiger partial charge in [-0.15, -0.1) is 0 Å². The molecule has 0 spiro atoms. The molecule has 0 bridgehead atoms. The number of H-pyrrole nitrogens is 1. The van der Waals surface area contributed by atoms with Gasteiger partial charge in [-0.1, -0.05) is 103 Å². The van der Waals surface area contributed by atoms with E-state index in [2.05, 4.69) is 74.6 Å². The van der Waals surface area contributed by atoms with E-state index in [1.807, 2.05) is 74.0 Å². The highest BCUT2D eigenvalue weighted by molar-refractivity contribution is 6.06. The molecule has 6 aromatic rings. The molecule has 0 aliphatic carbocycles. The van der Waals surface area contributed by atoms with Gasteiger partial charge in [-0.25, -0.2) is 4.98 Å². The van der Waals surface area contributed by atoms with Gasteiger partial charge < -0.3 is 24.5 Å². The van der Waals surface area contributed by atoms with Gasteiger partial charge in [0.2, 0.25) is 0 Å². The molecule has 260 valence electrons. The molecule has 1 aliphatic heterocycles. The Kier molecular flexibility index (Phi) is 10.2. The molecule has 51 heavy (non-hydrogen) atoms. The fourth-order valence-electron chi connectivity index (χ4n) is 7.78. The van der Waals surface area contributed by atoms with Crippen molar-refractivity contribution in [3.05, 3.63) is 150 Å². The molecule has 2 aromatic heterocycles. The van der Waals surface area contributed by atoms with E-state index in [9.17, 15) is 4.79 Å². The zero-order valence-electron chi connectivity index (χ0n) is 29.3. The Balaban J connectivity index is 1.36. The molecule has 8 nitrogen and oxygen atoms in total. The zero-order chi connectivity index (χ0) is 35.2. The third-order valence-corrected chi connectivity index (χ3v) is 10.6. The first kappa shape index (κ1) is 34.2. The second kappa shape index (κ2) is 15.3. The van der Waals surface area contributed by atoms with Gasteiger partial charge in [0.15, 0.2) is 5.78 Å². The molecule has 1 atom stereocenters. The van der Waals surface area contributed by atoms with Gasteiger partial charge in [0, 0.05) is 44.1 Å². The van der Waals surface area contributed by atoms with Crippen molar-refractivity contribution in [3.63, 3.8) is 0 Å². The molecule has 4 aromatic carbocycles. The average molecular weight is 680 g/mol. The summed E-state index contributed by atoms with van der Waals surface area (Å²) in [7, 11) is 3.46. The number of hydrogen-bond acceptors (Lipinski definition) is 5. The summed E-state index contributed by atoms with van der Waals surface area (Å²) >= 11 is 0. The van der Waals surface area contributed by atoms with Crippen molar-refractivity contribution >= 4 is 22.5 Å². The second-order valence-corrected chi connectivity index (χ2v) is 13.7. The van der Waals surface area contributed by atoms with Crippen molar-refractivity contribution in [3.8, 4) is 11.1 Å². The van der Waals surface area contributed by atoms with Crippen molar-refractivity contribution in [2.75, 3.05) is 40.4 Å². The van der Waals surface area contributed by atoms with Crippen molar-refractivity contribution in [1.29, 1.82) is 0 Å². The summed E-state index contributed by atoms with van der Waals surface area (Å²) in [5, 5.41) is 5.69. The number of likely N-dealkylation sites (N-methyl/N-ethyl adjacent to an activating group) is 1. The standard InChI is InChI=1S/C43H45N5O3/c1-47(24-25-51-2)42(50)37-29-48(28-36(37)35-19-11-17-31-12-9-10-18-34(31)35)39(38-27-45-30-46-38)26-43(20-22-44-23-21-43)41(49)40(32-13-5-3-6-14-32)33-15-7-4-8-16-33/h3-19,27-30,39-40,44H,20-26H2,1-2H3,(H,45,46). The van der Waals surface area contributed by atoms with Crippen LogP contribution in [0.15, 0.2) is 128 Å². The quantitative estimate of drug-likeness (QED) is 0.132. The van der Waals surface area contributed by atoms with Crippen LogP contribution in [0.25, 0.3) is 21.9 Å². The lowest BCUT2D eigenvalue weighted by Crippen LogP contribution is -2.45. The third kappa shape index (κ3) is 7.02. The molecular weight excluding hydrogens is 635 g/mol. The summed E-state index contributed by atoms with van der Waals surface area (Å²) < 4.78 is 7.46. The van der Waals surface area contributed by atoms with E-state index in [0.29, 0.717) is 38.0 Å². The van der Waals surface area contributed by atoms with Gasteiger partial charge in [0.1, 0.15) is 0 Å². The highest BCUT2D eigenvalue weighted by atomic mass is 16.5. The summed E-state index contributed by atoms with van der Waals surface area (Å²) in [6.07, 6.45) is 9.55. The number of nitrogens with one attached hydrogen (secondary N) is 2. The molecule has 8 heteroatoms. The number of imidazole rings is 1. The number of carbonyl (C=O) groups excluding carboxylic acids is 2. The molecule has 3 heterocycles. The summed E-state index contributed by atoms with van der Waals surface area (Å²) in [5.41, 5.74) is 4.67. The van der Waals surface area contributed by atoms with Crippen molar-refractivity contribution in [1.82, 2.24) is 24.8 Å². The number of amides is 1. The number of rotatable bonds is 13. The smallest absolute Gasteiger partial charge is 0.255 e. The lowest BCUT2D eigenvalue weighted by molar-refractivity contribution is -0.132. The topological polar surface area (TPSA) is 92.2 Å². The van der Waals surface area contributed by atoms with Gasteiger partial charge in [-0.3, -0.25) is 9.59 Å². The van der Waals surface area contributed by atoms with Gasteiger partial charge in [-0.2, -0.15) is 0 Å². The largest absolute Gasteiger partial charge is 0.383 e. The van der Waals surface area contributed by atoms with Crippen LogP contribution in [-0.2, 0) is 9.53 Å². The second-order valence-electron chi connectivity index (χ2n) is 13.7. The summed E-state index contributed by atoms with van der Waals surface area (Å²) in [4.78, 5) is 39.1. The van der Waals surface area contributed by atoms with Crippen LogP contribution in [0, 0.1) is 5.41 Å². The van der Waals surface area contributed by atoms with E-state index in [4.69, 9.17) is 4.74 Å². The zero-order valence-corrected chi connectivity index (χ0v) is 29.3. The first-order valence-corrected chi connectivity index (χ1v) is 17.8. The minimum Gasteiger partial charge on any atom is -0.383 e. The van der Waals surface area contributed by atoms with E-state index < -0.39 is 11.3 Å². The third-order valence-electron chi connectivity index (χ3n) is 10.6. The fourth-order valence-corrected chi connectivity index (χ4v) is 7.78. The van der Waals surface area contributed by atoms with Crippen LogP contribution in [-0.4, -0.2) is 71.5 Å². The lowest BCUT2D eigenvalue weighted by atomic mass is 9.65. The van der Waals surface area contributed by atoms with E-state index >= 15 is 4.79 Å². The first-order valence-electron chi connectivity index (χ1n) is 17.8. The Hall–Kier alpha value is -5.31. The van der Waals surface area contributed by atoms with Gasteiger partial charge in [0.05, 0.1) is 42.3 Å². The summed E-state index contributed by atoms with van der Waals surface area (Å²) in [5.74, 6) is -0.267. The minimum atomic E-state index is -0.652. The molecule has 0 radical (unpaired) electrons. The molecule has 1 unspecified atom stereocenters. The number of benzene rings is 4. The van der Waals surface area contributed by atoms with Crippen LogP contribution in [0.4, 0.5) is 0 Å². The number of methoxy groups -OCH3 is 1. The van der Waals surface area contributed by atoms with E-state index in [0.717, 1.165) is 51.8 Å². The Morgan fingerprint density at radius 2 is 1.53 bits per heavy atom. The molecule has 1 fully saturated rings.